The predicted molar refractivity (Wildman–Crippen MR) is 173 cm³/mol. The molecule has 10 heteroatoms. The lowest BCUT2D eigenvalue weighted by atomic mass is 9.95. The number of ether oxygens (including phenoxy) is 3. The highest BCUT2D eigenvalue weighted by molar-refractivity contribution is 7.80. The van der Waals surface area contributed by atoms with Gasteiger partial charge in [-0.1, -0.05) is 60.7 Å². The van der Waals surface area contributed by atoms with Crippen LogP contribution in [0.25, 0.3) is 10.8 Å². The van der Waals surface area contributed by atoms with Gasteiger partial charge in [0, 0.05) is 11.3 Å². The molecule has 0 fully saturated rings. The number of thiocarbonyl (C=S) groups is 1. The lowest BCUT2D eigenvalue weighted by molar-refractivity contribution is -0.139. The van der Waals surface area contributed by atoms with Crippen molar-refractivity contribution in [3.05, 3.63) is 119 Å². The van der Waals surface area contributed by atoms with Gasteiger partial charge in [-0.2, -0.15) is 5.10 Å². The first-order chi connectivity index (χ1) is 21.4. The SMILES string of the molecule is CCOC(=O)C1=C(C)NC(=S)N[C@@H]1c1ccccc1OCC(=O)NN=Cc1ccc(OCc2cccc3ccccc23)cc1. The van der Waals surface area contributed by atoms with Gasteiger partial charge in [-0.05, 0) is 78.3 Å². The minimum absolute atomic E-state index is 0.232. The molecule has 0 saturated carbocycles. The number of amides is 1. The van der Waals surface area contributed by atoms with Crippen LogP contribution < -0.4 is 25.5 Å². The van der Waals surface area contributed by atoms with Crippen LogP contribution in [-0.4, -0.2) is 36.4 Å². The number of benzene rings is 4. The minimum atomic E-state index is -0.612. The number of esters is 1. The Labute approximate surface area is 260 Å². The van der Waals surface area contributed by atoms with E-state index in [9.17, 15) is 9.59 Å². The second kappa shape index (κ2) is 14.3. The average Bonchev–Trinajstić information content (AvgIpc) is 3.03. The fourth-order valence-corrected chi connectivity index (χ4v) is 5.11. The standard InChI is InChI=1S/C34H32N4O5S/c1-3-41-33(40)31-22(2)36-34(44)37-32(31)28-13-6-7-14-29(28)43-21-30(39)38-35-19-23-15-17-26(18-16-23)42-20-25-11-8-10-24-9-4-5-12-27(24)25/h4-19,32H,3,20-21H2,1-2H3,(H,38,39)(H2,36,37,44)/t32-/m1/s1. The third kappa shape index (κ3) is 7.40. The van der Waals surface area contributed by atoms with Gasteiger partial charge in [0.1, 0.15) is 18.1 Å². The van der Waals surface area contributed by atoms with Gasteiger partial charge in [0.15, 0.2) is 11.7 Å². The molecule has 1 aliphatic rings. The topological polar surface area (TPSA) is 110 Å². The fourth-order valence-electron chi connectivity index (χ4n) is 4.84. The van der Waals surface area contributed by atoms with Crippen molar-refractivity contribution in [1.82, 2.24) is 16.1 Å². The first kappa shape index (κ1) is 30.2. The normalized spacial score (nSPS) is 14.6. The number of rotatable bonds is 11. The third-order valence-corrected chi connectivity index (χ3v) is 7.13. The van der Waals surface area contributed by atoms with E-state index in [4.69, 9.17) is 26.4 Å². The van der Waals surface area contributed by atoms with Crippen molar-refractivity contribution in [2.45, 2.75) is 26.5 Å². The summed E-state index contributed by atoms with van der Waals surface area (Å²) >= 11 is 5.32. The number of hydrogen-bond acceptors (Lipinski definition) is 7. The van der Waals surface area contributed by atoms with Gasteiger partial charge in [0.05, 0.1) is 24.4 Å². The molecule has 3 N–H and O–H groups in total. The first-order valence-electron chi connectivity index (χ1n) is 14.1. The Morgan fingerprint density at radius 1 is 0.955 bits per heavy atom. The highest BCUT2D eigenvalue weighted by atomic mass is 32.1. The Morgan fingerprint density at radius 2 is 1.70 bits per heavy atom. The lowest BCUT2D eigenvalue weighted by Gasteiger charge is -2.30. The quantitative estimate of drug-likeness (QED) is 0.0911. The average molecular weight is 609 g/mol. The number of hydrogen-bond donors (Lipinski definition) is 3. The Bertz CT molecular complexity index is 1730. The Balaban J connectivity index is 1.15. The monoisotopic (exact) mass is 608 g/mol. The zero-order valence-corrected chi connectivity index (χ0v) is 25.1. The molecule has 0 radical (unpaired) electrons. The number of carbonyl (C=O) groups excluding carboxylic acids is 2. The summed E-state index contributed by atoms with van der Waals surface area (Å²) in [6.45, 7) is 3.90. The molecule has 0 saturated heterocycles. The second-order valence-electron chi connectivity index (χ2n) is 9.91. The zero-order valence-electron chi connectivity index (χ0n) is 24.3. The van der Waals surface area contributed by atoms with Crippen LogP contribution in [0.15, 0.2) is 107 Å². The number of nitrogens with zero attached hydrogens (tertiary/aromatic N) is 1. The molecular weight excluding hydrogens is 576 g/mol. The molecule has 4 aromatic rings. The van der Waals surface area contributed by atoms with E-state index in [0.717, 1.165) is 16.9 Å². The van der Waals surface area contributed by atoms with Crippen molar-refractivity contribution in [2.24, 2.45) is 5.10 Å². The maximum atomic E-state index is 12.7. The summed E-state index contributed by atoms with van der Waals surface area (Å²) < 4.78 is 17.1. The molecule has 9 nitrogen and oxygen atoms in total. The highest BCUT2D eigenvalue weighted by Gasteiger charge is 2.32. The summed E-state index contributed by atoms with van der Waals surface area (Å²) in [5.74, 6) is 0.231. The summed E-state index contributed by atoms with van der Waals surface area (Å²) in [5.41, 5.74) is 5.99. The first-order valence-corrected chi connectivity index (χ1v) is 14.5. The van der Waals surface area contributed by atoms with E-state index in [1.54, 1.807) is 38.3 Å². The number of allylic oxidation sites excluding steroid dienone is 1. The van der Waals surface area contributed by atoms with Crippen LogP contribution in [0.1, 0.15) is 36.6 Å². The van der Waals surface area contributed by atoms with Crippen molar-refractivity contribution in [3.8, 4) is 11.5 Å². The summed E-state index contributed by atoms with van der Waals surface area (Å²) in [7, 11) is 0. The van der Waals surface area contributed by atoms with Gasteiger partial charge in [0.25, 0.3) is 5.91 Å². The molecule has 5 rings (SSSR count). The van der Waals surface area contributed by atoms with Crippen molar-refractivity contribution in [1.29, 1.82) is 0 Å². The molecule has 0 spiro atoms. The maximum absolute atomic E-state index is 12.7. The molecule has 0 bridgehead atoms. The summed E-state index contributed by atoms with van der Waals surface area (Å²) in [6.07, 6.45) is 1.54. The summed E-state index contributed by atoms with van der Waals surface area (Å²) in [5, 5.41) is 12.8. The van der Waals surface area contributed by atoms with Gasteiger partial charge >= 0.3 is 5.97 Å². The molecule has 44 heavy (non-hydrogen) atoms. The number of fused-ring (bicyclic) bond motifs is 1. The van der Waals surface area contributed by atoms with E-state index in [2.05, 4.69) is 45.4 Å². The molecule has 0 aromatic heterocycles. The van der Waals surface area contributed by atoms with E-state index in [0.29, 0.717) is 34.3 Å². The smallest absolute Gasteiger partial charge is 0.338 e. The van der Waals surface area contributed by atoms with Gasteiger partial charge < -0.3 is 24.8 Å². The molecule has 0 aliphatic carbocycles. The molecule has 1 aliphatic heterocycles. The maximum Gasteiger partial charge on any atom is 0.338 e. The Kier molecular flexibility index (Phi) is 9.83. The number of carbonyl (C=O) groups is 2. The largest absolute Gasteiger partial charge is 0.489 e. The third-order valence-electron chi connectivity index (χ3n) is 6.91. The Hall–Kier alpha value is -5.22. The fraction of sp³-hybridized carbons (Fsp3) is 0.176. The van der Waals surface area contributed by atoms with Crippen LogP contribution in [-0.2, 0) is 20.9 Å². The number of para-hydroxylation sites is 1. The molecule has 0 unspecified atom stereocenters. The van der Waals surface area contributed by atoms with Crippen LogP contribution in [0.5, 0.6) is 11.5 Å². The van der Waals surface area contributed by atoms with E-state index in [-0.39, 0.29) is 13.2 Å². The van der Waals surface area contributed by atoms with E-state index < -0.39 is 17.9 Å². The van der Waals surface area contributed by atoms with Crippen LogP contribution in [0, 0.1) is 0 Å². The van der Waals surface area contributed by atoms with E-state index in [1.165, 1.54) is 10.8 Å². The molecular formula is C34H32N4O5S. The van der Waals surface area contributed by atoms with Gasteiger partial charge in [0.2, 0.25) is 0 Å². The minimum Gasteiger partial charge on any atom is -0.489 e. The Morgan fingerprint density at radius 3 is 2.52 bits per heavy atom. The molecule has 4 aromatic carbocycles. The van der Waals surface area contributed by atoms with Crippen molar-refractivity contribution in [3.63, 3.8) is 0 Å². The predicted octanol–water partition coefficient (Wildman–Crippen LogP) is 5.30. The highest BCUT2D eigenvalue weighted by Crippen LogP contribution is 2.33. The van der Waals surface area contributed by atoms with E-state index >= 15 is 0 Å². The molecule has 1 amide bonds. The van der Waals surface area contributed by atoms with Gasteiger partial charge in [-0.25, -0.2) is 10.2 Å². The van der Waals surface area contributed by atoms with Crippen LogP contribution in [0.4, 0.5) is 0 Å². The molecule has 1 heterocycles. The van der Waals surface area contributed by atoms with Gasteiger partial charge in [-0.15, -0.1) is 0 Å². The van der Waals surface area contributed by atoms with Crippen molar-refractivity contribution < 1.29 is 23.8 Å². The zero-order chi connectivity index (χ0) is 30.9. The van der Waals surface area contributed by atoms with Crippen LogP contribution >= 0.6 is 12.2 Å². The van der Waals surface area contributed by atoms with Crippen LogP contribution in [0.2, 0.25) is 0 Å². The molecule has 224 valence electrons. The summed E-state index contributed by atoms with van der Waals surface area (Å²) in [4.78, 5) is 25.3. The summed E-state index contributed by atoms with van der Waals surface area (Å²) in [6, 6.07) is 28.3. The second-order valence-corrected chi connectivity index (χ2v) is 10.3. The van der Waals surface area contributed by atoms with Crippen molar-refractivity contribution in [2.75, 3.05) is 13.2 Å². The lowest BCUT2D eigenvalue weighted by Crippen LogP contribution is -2.45. The molecule has 1 atom stereocenters. The van der Waals surface area contributed by atoms with Crippen LogP contribution in [0.3, 0.4) is 0 Å². The van der Waals surface area contributed by atoms with Crippen molar-refractivity contribution >= 4 is 46.2 Å². The van der Waals surface area contributed by atoms with Gasteiger partial charge in [-0.3, -0.25) is 4.79 Å². The number of hydrazone groups is 1. The van der Waals surface area contributed by atoms with E-state index in [1.807, 2.05) is 48.5 Å². The number of nitrogens with one attached hydrogen (secondary N) is 3.